The Balaban J connectivity index is 2.64. The number of ketones is 1. The predicted octanol–water partition coefficient (Wildman–Crippen LogP) is 1.16. The van der Waals surface area contributed by atoms with Gasteiger partial charge in [0.15, 0.2) is 0 Å². The number of cyclic esters (lactones) is 1. The normalized spacial score (nSPS) is 29.2. The molecule has 1 heterocycles. The third kappa shape index (κ3) is 1.65. The number of rotatable bonds is 2. The van der Waals surface area contributed by atoms with Crippen LogP contribution in [0, 0.1) is 11.8 Å². The Hall–Kier alpha value is -0.860. The van der Waals surface area contributed by atoms with Crippen LogP contribution in [0.4, 0.5) is 0 Å². The van der Waals surface area contributed by atoms with Crippen molar-refractivity contribution in [3.05, 3.63) is 0 Å². The average molecular weight is 170 g/mol. The van der Waals surface area contributed by atoms with Crippen molar-refractivity contribution in [2.24, 2.45) is 11.8 Å². The molecular formula is C9H14O3. The van der Waals surface area contributed by atoms with Crippen molar-refractivity contribution in [1.82, 2.24) is 0 Å². The SMILES string of the molecule is CC(C)C(=O)[C@@H]1CC(=O)O[C@@H]1C. The van der Waals surface area contributed by atoms with E-state index in [1.165, 1.54) is 0 Å². The molecule has 1 aliphatic heterocycles. The molecule has 1 saturated heterocycles. The monoisotopic (exact) mass is 170 g/mol. The van der Waals surface area contributed by atoms with E-state index in [1.54, 1.807) is 6.92 Å². The zero-order valence-corrected chi connectivity index (χ0v) is 7.66. The maximum Gasteiger partial charge on any atom is 0.306 e. The molecule has 12 heavy (non-hydrogen) atoms. The average Bonchev–Trinajstić information content (AvgIpc) is 2.28. The van der Waals surface area contributed by atoms with E-state index < -0.39 is 0 Å². The van der Waals surface area contributed by atoms with Crippen LogP contribution in [0.15, 0.2) is 0 Å². The van der Waals surface area contributed by atoms with Gasteiger partial charge in [-0.05, 0) is 6.92 Å². The highest BCUT2D eigenvalue weighted by molar-refractivity contribution is 5.89. The van der Waals surface area contributed by atoms with Crippen molar-refractivity contribution < 1.29 is 14.3 Å². The van der Waals surface area contributed by atoms with Gasteiger partial charge in [0.05, 0.1) is 12.3 Å². The number of esters is 1. The number of Topliss-reactive ketones (excluding diaryl/α,β-unsaturated/α-hetero) is 1. The van der Waals surface area contributed by atoms with E-state index in [0.717, 1.165) is 0 Å². The molecule has 68 valence electrons. The molecular weight excluding hydrogens is 156 g/mol. The summed E-state index contributed by atoms with van der Waals surface area (Å²) in [6, 6.07) is 0. The quantitative estimate of drug-likeness (QED) is 0.584. The summed E-state index contributed by atoms with van der Waals surface area (Å²) in [5, 5.41) is 0. The highest BCUT2D eigenvalue weighted by Gasteiger charge is 2.37. The van der Waals surface area contributed by atoms with E-state index in [-0.39, 0.29) is 36.1 Å². The molecule has 0 amide bonds. The Kier molecular flexibility index (Phi) is 2.50. The van der Waals surface area contributed by atoms with E-state index >= 15 is 0 Å². The molecule has 1 rings (SSSR count). The van der Waals surface area contributed by atoms with Crippen molar-refractivity contribution in [2.75, 3.05) is 0 Å². The molecule has 0 N–H and O–H groups in total. The smallest absolute Gasteiger partial charge is 0.306 e. The third-order valence-electron chi connectivity index (χ3n) is 2.21. The molecule has 1 fully saturated rings. The first kappa shape index (κ1) is 9.23. The van der Waals surface area contributed by atoms with Crippen LogP contribution >= 0.6 is 0 Å². The molecule has 0 bridgehead atoms. The fourth-order valence-corrected chi connectivity index (χ4v) is 1.44. The Morgan fingerprint density at radius 1 is 1.58 bits per heavy atom. The molecule has 3 heteroatoms. The second-order valence-electron chi connectivity index (χ2n) is 3.56. The van der Waals surface area contributed by atoms with E-state index in [4.69, 9.17) is 4.74 Å². The molecule has 0 spiro atoms. The van der Waals surface area contributed by atoms with Gasteiger partial charge in [-0.1, -0.05) is 13.8 Å². The van der Waals surface area contributed by atoms with Crippen LogP contribution in [0.5, 0.6) is 0 Å². The van der Waals surface area contributed by atoms with Gasteiger partial charge in [0, 0.05) is 5.92 Å². The summed E-state index contributed by atoms with van der Waals surface area (Å²) in [5.74, 6) is -0.334. The molecule has 0 saturated carbocycles. The summed E-state index contributed by atoms with van der Waals surface area (Å²) < 4.78 is 4.89. The summed E-state index contributed by atoms with van der Waals surface area (Å²) in [4.78, 5) is 22.3. The number of carbonyl (C=O) groups is 2. The van der Waals surface area contributed by atoms with Crippen molar-refractivity contribution in [3.63, 3.8) is 0 Å². The second kappa shape index (κ2) is 3.25. The first-order valence-corrected chi connectivity index (χ1v) is 4.25. The lowest BCUT2D eigenvalue weighted by molar-refractivity contribution is -0.140. The minimum Gasteiger partial charge on any atom is -0.462 e. The fraction of sp³-hybridized carbons (Fsp3) is 0.778. The van der Waals surface area contributed by atoms with Gasteiger partial charge < -0.3 is 4.74 Å². The predicted molar refractivity (Wildman–Crippen MR) is 43.5 cm³/mol. The lowest BCUT2D eigenvalue weighted by Crippen LogP contribution is -2.25. The van der Waals surface area contributed by atoms with Crippen LogP contribution in [-0.4, -0.2) is 17.9 Å². The van der Waals surface area contributed by atoms with Gasteiger partial charge in [0.1, 0.15) is 11.9 Å². The van der Waals surface area contributed by atoms with Crippen molar-refractivity contribution in [2.45, 2.75) is 33.3 Å². The Morgan fingerprint density at radius 3 is 2.50 bits per heavy atom. The highest BCUT2D eigenvalue weighted by atomic mass is 16.5. The van der Waals surface area contributed by atoms with E-state index in [9.17, 15) is 9.59 Å². The third-order valence-corrected chi connectivity index (χ3v) is 2.21. The molecule has 3 nitrogen and oxygen atoms in total. The topological polar surface area (TPSA) is 43.4 Å². The molecule has 1 aliphatic rings. The lowest BCUT2D eigenvalue weighted by Gasteiger charge is -2.13. The molecule has 0 aromatic carbocycles. The summed E-state index contributed by atoms with van der Waals surface area (Å²) in [7, 11) is 0. The van der Waals surface area contributed by atoms with Gasteiger partial charge in [-0.3, -0.25) is 9.59 Å². The fourth-order valence-electron chi connectivity index (χ4n) is 1.44. The summed E-state index contributed by atoms with van der Waals surface area (Å²) >= 11 is 0. The number of hydrogen-bond acceptors (Lipinski definition) is 3. The number of carbonyl (C=O) groups excluding carboxylic acids is 2. The zero-order chi connectivity index (χ0) is 9.30. The van der Waals surface area contributed by atoms with Crippen molar-refractivity contribution in [3.8, 4) is 0 Å². The minimum atomic E-state index is -0.249. The van der Waals surface area contributed by atoms with Crippen LogP contribution in [0.1, 0.15) is 27.2 Å². The summed E-state index contributed by atoms with van der Waals surface area (Å²) in [5.41, 5.74) is 0. The summed E-state index contributed by atoms with van der Waals surface area (Å²) in [6.45, 7) is 5.46. The van der Waals surface area contributed by atoms with Crippen LogP contribution in [0.3, 0.4) is 0 Å². The standard InChI is InChI=1S/C9H14O3/c1-5(2)9(11)7-4-8(10)12-6(7)3/h5-7H,4H2,1-3H3/t6-,7-/m1/s1. The van der Waals surface area contributed by atoms with E-state index in [2.05, 4.69) is 0 Å². The van der Waals surface area contributed by atoms with Crippen LogP contribution in [0.2, 0.25) is 0 Å². The van der Waals surface area contributed by atoms with Gasteiger partial charge in [0.2, 0.25) is 0 Å². The van der Waals surface area contributed by atoms with Crippen LogP contribution in [0.25, 0.3) is 0 Å². The van der Waals surface area contributed by atoms with Gasteiger partial charge in [-0.15, -0.1) is 0 Å². The maximum absolute atomic E-state index is 11.5. The Bertz CT molecular complexity index is 208. The highest BCUT2D eigenvalue weighted by Crippen LogP contribution is 2.24. The van der Waals surface area contributed by atoms with Gasteiger partial charge in [-0.2, -0.15) is 0 Å². The van der Waals surface area contributed by atoms with Crippen LogP contribution in [-0.2, 0) is 14.3 Å². The van der Waals surface area contributed by atoms with E-state index in [1.807, 2.05) is 13.8 Å². The lowest BCUT2D eigenvalue weighted by atomic mass is 9.90. The number of hydrogen-bond donors (Lipinski definition) is 0. The molecule has 0 unspecified atom stereocenters. The van der Waals surface area contributed by atoms with Gasteiger partial charge >= 0.3 is 5.97 Å². The summed E-state index contributed by atoms with van der Waals surface area (Å²) in [6.07, 6.45) is 0.0328. The second-order valence-corrected chi connectivity index (χ2v) is 3.56. The van der Waals surface area contributed by atoms with E-state index in [0.29, 0.717) is 0 Å². The van der Waals surface area contributed by atoms with Crippen molar-refractivity contribution >= 4 is 11.8 Å². The molecule has 0 aromatic heterocycles. The number of ether oxygens (including phenoxy) is 1. The molecule has 0 aromatic rings. The van der Waals surface area contributed by atoms with Crippen molar-refractivity contribution in [1.29, 1.82) is 0 Å². The molecule has 0 radical (unpaired) electrons. The van der Waals surface area contributed by atoms with Crippen LogP contribution < -0.4 is 0 Å². The largest absolute Gasteiger partial charge is 0.462 e. The molecule has 0 aliphatic carbocycles. The minimum absolute atomic E-state index is 0.00745. The maximum atomic E-state index is 11.5. The van der Waals surface area contributed by atoms with Gasteiger partial charge in [0.25, 0.3) is 0 Å². The zero-order valence-electron chi connectivity index (χ0n) is 7.66. The molecule has 2 atom stereocenters. The Morgan fingerprint density at radius 2 is 2.17 bits per heavy atom. The Labute approximate surface area is 72.1 Å². The van der Waals surface area contributed by atoms with Gasteiger partial charge in [-0.25, -0.2) is 0 Å². The first-order valence-electron chi connectivity index (χ1n) is 4.25. The first-order chi connectivity index (χ1) is 5.52.